The van der Waals surface area contributed by atoms with Crippen LogP contribution in [0.25, 0.3) is 0 Å². The third-order valence-electron chi connectivity index (χ3n) is 4.67. The minimum Gasteiger partial charge on any atom is -0.301 e. The molecule has 3 atom stereocenters. The zero-order valence-corrected chi connectivity index (χ0v) is 12.7. The van der Waals surface area contributed by atoms with Gasteiger partial charge in [0.05, 0.1) is 0 Å². The van der Waals surface area contributed by atoms with Gasteiger partial charge in [-0.2, -0.15) is 0 Å². The standard InChI is InChI=1S/C16H33N/c1-13(2)15(4)11-14(3)12-16(5)17-9-7-6-8-10-17/h13-16H,6-12H2,1-5H3. The molecule has 1 saturated heterocycles. The summed E-state index contributed by atoms with van der Waals surface area (Å²) in [5.41, 5.74) is 0. The van der Waals surface area contributed by atoms with Crippen LogP contribution in [0, 0.1) is 17.8 Å². The van der Waals surface area contributed by atoms with Gasteiger partial charge in [-0.1, -0.05) is 34.1 Å². The van der Waals surface area contributed by atoms with Gasteiger partial charge in [-0.05, 0) is 63.5 Å². The maximum atomic E-state index is 2.71. The van der Waals surface area contributed by atoms with Crippen molar-refractivity contribution in [2.45, 2.75) is 72.8 Å². The summed E-state index contributed by atoms with van der Waals surface area (Å²) in [7, 11) is 0. The molecule has 0 spiro atoms. The van der Waals surface area contributed by atoms with Crippen molar-refractivity contribution < 1.29 is 0 Å². The Morgan fingerprint density at radius 2 is 1.41 bits per heavy atom. The fourth-order valence-corrected chi connectivity index (χ4v) is 3.09. The van der Waals surface area contributed by atoms with Gasteiger partial charge in [-0.25, -0.2) is 0 Å². The highest BCUT2D eigenvalue weighted by atomic mass is 15.1. The summed E-state index contributed by atoms with van der Waals surface area (Å²) < 4.78 is 0. The van der Waals surface area contributed by atoms with Gasteiger partial charge in [-0.15, -0.1) is 0 Å². The molecule has 0 bridgehead atoms. The number of likely N-dealkylation sites (tertiary alicyclic amines) is 1. The first-order chi connectivity index (χ1) is 8.00. The van der Waals surface area contributed by atoms with Gasteiger partial charge in [0.15, 0.2) is 0 Å². The second-order valence-electron chi connectivity index (χ2n) is 6.74. The van der Waals surface area contributed by atoms with Gasteiger partial charge in [0.25, 0.3) is 0 Å². The van der Waals surface area contributed by atoms with Gasteiger partial charge in [0.1, 0.15) is 0 Å². The molecule has 0 aliphatic carbocycles. The maximum Gasteiger partial charge on any atom is 0.00694 e. The molecule has 17 heavy (non-hydrogen) atoms. The first-order valence-corrected chi connectivity index (χ1v) is 7.74. The molecule has 1 aliphatic heterocycles. The Labute approximate surface area is 109 Å². The van der Waals surface area contributed by atoms with Crippen LogP contribution in [0.4, 0.5) is 0 Å². The van der Waals surface area contributed by atoms with Crippen LogP contribution < -0.4 is 0 Å². The Hall–Kier alpha value is -0.0400. The van der Waals surface area contributed by atoms with Crippen molar-refractivity contribution in [2.75, 3.05) is 13.1 Å². The van der Waals surface area contributed by atoms with E-state index in [0.717, 1.165) is 23.8 Å². The van der Waals surface area contributed by atoms with E-state index in [1.165, 1.54) is 45.2 Å². The molecule has 1 heterocycles. The van der Waals surface area contributed by atoms with Crippen molar-refractivity contribution in [3.63, 3.8) is 0 Å². The second kappa shape index (κ2) is 7.41. The minimum absolute atomic E-state index is 0.796. The summed E-state index contributed by atoms with van der Waals surface area (Å²) in [6.07, 6.45) is 7.07. The molecular formula is C16H33N. The number of rotatable bonds is 6. The average Bonchev–Trinajstić information content (AvgIpc) is 2.29. The zero-order valence-electron chi connectivity index (χ0n) is 12.7. The number of hydrogen-bond acceptors (Lipinski definition) is 1. The highest BCUT2D eigenvalue weighted by molar-refractivity contribution is 4.74. The van der Waals surface area contributed by atoms with E-state index in [2.05, 4.69) is 39.5 Å². The molecule has 0 saturated carbocycles. The van der Waals surface area contributed by atoms with E-state index in [4.69, 9.17) is 0 Å². The third-order valence-corrected chi connectivity index (χ3v) is 4.67. The monoisotopic (exact) mass is 239 g/mol. The molecule has 0 radical (unpaired) electrons. The topological polar surface area (TPSA) is 3.24 Å². The first kappa shape index (κ1) is 15.0. The van der Waals surface area contributed by atoms with Crippen molar-refractivity contribution >= 4 is 0 Å². The summed E-state index contributed by atoms with van der Waals surface area (Å²) >= 11 is 0. The SMILES string of the molecule is CC(CC(C)C(C)C)CC(C)N1CCCCC1. The van der Waals surface area contributed by atoms with E-state index < -0.39 is 0 Å². The second-order valence-corrected chi connectivity index (χ2v) is 6.74. The molecular weight excluding hydrogens is 206 g/mol. The van der Waals surface area contributed by atoms with Crippen LogP contribution in [0.15, 0.2) is 0 Å². The molecule has 0 aromatic rings. The molecule has 1 nitrogen and oxygen atoms in total. The van der Waals surface area contributed by atoms with E-state index in [0.29, 0.717) is 0 Å². The molecule has 102 valence electrons. The van der Waals surface area contributed by atoms with E-state index in [9.17, 15) is 0 Å². The van der Waals surface area contributed by atoms with Crippen LogP contribution >= 0.6 is 0 Å². The van der Waals surface area contributed by atoms with E-state index in [1.54, 1.807) is 0 Å². The lowest BCUT2D eigenvalue weighted by molar-refractivity contribution is 0.147. The normalized spacial score (nSPS) is 23.6. The van der Waals surface area contributed by atoms with Crippen LogP contribution in [-0.2, 0) is 0 Å². The van der Waals surface area contributed by atoms with Crippen LogP contribution in [0.5, 0.6) is 0 Å². The molecule has 1 rings (SSSR count). The Morgan fingerprint density at radius 1 is 0.824 bits per heavy atom. The predicted molar refractivity (Wildman–Crippen MR) is 77.3 cm³/mol. The molecule has 3 unspecified atom stereocenters. The Bertz CT molecular complexity index is 194. The van der Waals surface area contributed by atoms with Gasteiger partial charge in [0.2, 0.25) is 0 Å². The lowest BCUT2D eigenvalue weighted by atomic mass is 9.85. The molecule has 1 heteroatoms. The van der Waals surface area contributed by atoms with Crippen molar-refractivity contribution in [3.8, 4) is 0 Å². The van der Waals surface area contributed by atoms with Gasteiger partial charge >= 0.3 is 0 Å². The first-order valence-electron chi connectivity index (χ1n) is 7.74. The lowest BCUT2D eigenvalue weighted by Gasteiger charge is -2.34. The van der Waals surface area contributed by atoms with E-state index in [1.807, 2.05) is 0 Å². The summed E-state index contributed by atoms with van der Waals surface area (Å²) in [6, 6.07) is 0.796. The molecule has 0 aromatic heterocycles. The fourth-order valence-electron chi connectivity index (χ4n) is 3.09. The molecule has 1 fully saturated rings. The zero-order chi connectivity index (χ0) is 12.8. The van der Waals surface area contributed by atoms with Crippen molar-refractivity contribution in [1.29, 1.82) is 0 Å². The highest BCUT2D eigenvalue weighted by Gasteiger charge is 2.20. The summed E-state index contributed by atoms with van der Waals surface area (Å²) in [6.45, 7) is 14.7. The highest BCUT2D eigenvalue weighted by Crippen LogP contribution is 2.24. The van der Waals surface area contributed by atoms with Crippen molar-refractivity contribution in [1.82, 2.24) is 4.90 Å². The minimum atomic E-state index is 0.796. The summed E-state index contributed by atoms with van der Waals surface area (Å²) in [5.74, 6) is 2.59. The number of piperidine rings is 1. The lowest BCUT2D eigenvalue weighted by Crippen LogP contribution is -2.38. The quantitative estimate of drug-likeness (QED) is 0.656. The van der Waals surface area contributed by atoms with Gasteiger partial charge < -0.3 is 4.90 Å². The van der Waals surface area contributed by atoms with Crippen LogP contribution in [0.1, 0.15) is 66.7 Å². The van der Waals surface area contributed by atoms with E-state index in [-0.39, 0.29) is 0 Å². The Kier molecular flexibility index (Phi) is 6.54. The molecule has 0 amide bonds. The smallest absolute Gasteiger partial charge is 0.00694 e. The fraction of sp³-hybridized carbons (Fsp3) is 1.00. The van der Waals surface area contributed by atoms with Crippen molar-refractivity contribution in [2.24, 2.45) is 17.8 Å². The molecule has 0 N–H and O–H groups in total. The van der Waals surface area contributed by atoms with Crippen LogP contribution in [-0.4, -0.2) is 24.0 Å². The summed E-state index contributed by atoms with van der Waals surface area (Å²) in [5, 5.41) is 0. The summed E-state index contributed by atoms with van der Waals surface area (Å²) in [4.78, 5) is 2.71. The Morgan fingerprint density at radius 3 is 1.94 bits per heavy atom. The van der Waals surface area contributed by atoms with Crippen LogP contribution in [0.3, 0.4) is 0 Å². The molecule has 1 aliphatic rings. The number of nitrogens with zero attached hydrogens (tertiary/aromatic N) is 1. The largest absolute Gasteiger partial charge is 0.301 e. The maximum absolute atomic E-state index is 2.71. The van der Waals surface area contributed by atoms with Crippen LogP contribution in [0.2, 0.25) is 0 Å². The third kappa shape index (κ3) is 5.42. The van der Waals surface area contributed by atoms with E-state index >= 15 is 0 Å². The van der Waals surface area contributed by atoms with Gasteiger partial charge in [-0.3, -0.25) is 0 Å². The Balaban J connectivity index is 2.26. The van der Waals surface area contributed by atoms with Crippen molar-refractivity contribution in [3.05, 3.63) is 0 Å². The average molecular weight is 239 g/mol. The van der Waals surface area contributed by atoms with Gasteiger partial charge in [0, 0.05) is 6.04 Å². The predicted octanol–water partition coefficient (Wildman–Crippen LogP) is 4.57. The number of hydrogen-bond donors (Lipinski definition) is 0. The molecule has 0 aromatic carbocycles.